The number of hydrogen-bond donors (Lipinski definition) is 1. The van der Waals surface area contributed by atoms with E-state index in [-0.39, 0.29) is 5.91 Å². The van der Waals surface area contributed by atoms with Gasteiger partial charge < -0.3 is 14.8 Å². The smallest absolute Gasteiger partial charge is 0.261 e. The molecule has 0 spiro atoms. The fourth-order valence-electron chi connectivity index (χ4n) is 3.51. The molecule has 9 heteroatoms. The van der Waals surface area contributed by atoms with Crippen LogP contribution in [0.25, 0.3) is 16.9 Å². The van der Waals surface area contributed by atoms with Crippen LogP contribution < -0.4 is 14.8 Å². The van der Waals surface area contributed by atoms with Gasteiger partial charge in [0.1, 0.15) is 18.8 Å². The van der Waals surface area contributed by atoms with Gasteiger partial charge in [-0.15, -0.1) is 0 Å². The van der Waals surface area contributed by atoms with Crippen molar-refractivity contribution in [3.05, 3.63) is 54.1 Å². The number of fused-ring (bicyclic) bond motifs is 2. The molecule has 0 saturated heterocycles. The van der Waals surface area contributed by atoms with Gasteiger partial charge in [-0.25, -0.2) is 9.50 Å². The summed E-state index contributed by atoms with van der Waals surface area (Å²) < 4.78 is 14.6. The lowest BCUT2D eigenvalue weighted by atomic mass is 10.2. The fourth-order valence-corrected chi connectivity index (χ4v) is 3.51. The fraction of sp³-hybridized carbons (Fsp3) is 0.238. The summed E-state index contributed by atoms with van der Waals surface area (Å²) in [6.07, 6.45) is 5.18. The molecule has 4 heterocycles. The molecule has 0 unspecified atom stereocenters. The maximum atomic E-state index is 12.9. The van der Waals surface area contributed by atoms with Crippen LogP contribution in [0.15, 0.2) is 42.9 Å². The van der Waals surface area contributed by atoms with Crippen LogP contribution in [0.2, 0.25) is 0 Å². The number of hydrogen-bond acceptors (Lipinski definition) is 6. The lowest BCUT2D eigenvalue weighted by molar-refractivity contribution is 0.102. The van der Waals surface area contributed by atoms with E-state index < -0.39 is 0 Å². The van der Waals surface area contributed by atoms with Crippen LogP contribution in [0, 0.1) is 6.92 Å². The second-order valence-electron chi connectivity index (χ2n) is 6.92. The van der Waals surface area contributed by atoms with Gasteiger partial charge in [0, 0.05) is 36.3 Å². The van der Waals surface area contributed by atoms with Crippen molar-refractivity contribution in [3.63, 3.8) is 0 Å². The lowest BCUT2D eigenvalue weighted by Gasteiger charge is -2.18. The first kappa shape index (κ1) is 18.2. The van der Waals surface area contributed by atoms with Crippen molar-refractivity contribution in [1.82, 2.24) is 24.4 Å². The van der Waals surface area contributed by atoms with E-state index in [0.29, 0.717) is 41.6 Å². The first-order valence-corrected chi connectivity index (χ1v) is 9.72. The Balaban J connectivity index is 1.48. The van der Waals surface area contributed by atoms with E-state index in [1.807, 2.05) is 30.8 Å². The molecule has 0 saturated carbocycles. The molecule has 30 heavy (non-hydrogen) atoms. The molecule has 5 rings (SSSR count). The Kier molecular flexibility index (Phi) is 4.35. The van der Waals surface area contributed by atoms with Gasteiger partial charge in [0.2, 0.25) is 0 Å². The third-order valence-electron chi connectivity index (χ3n) is 4.99. The molecular formula is C21H20N6O3. The largest absolute Gasteiger partial charge is 0.486 e. The van der Waals surface area contributed by atoms with Gasteiger partial charge in [-0.05, 0) is 32.0 Å². The van der Waals surface area contributed by atoms with Gasteiger partial charge >= 0.3 is 0 Å². The second kappa shape index (κ2) is 7.18. The van der Waals surface area contributed by atoms with Crippen molar-refractivity contribution in [2.75, 3.05) is 18.5 Å². The van der Waals surface area contributed by atoms with Crippen LogP contribution in [0.1, 0.15) is 23.0 Å². The molecule has 1 N–H and O–H groups in total. The van der Waals surface area contributed by atoms with E-state index in [9.17, 15) is 4.79 Å². The molecule has 1 aliphatic heterocycles. The molecule has 1 aliphatic rings. The minimum atomic E-state index is -0.299. The number of nitrogens with one attached hydrogen (secondary N) is 1. The first-order chi connectivity index (χ1) is 14.6. The Morgan fingerprint density at radius 1 is 1.20 bits per heavy atom. The summed E-state index contributed by atoms with van der Waals surface area (Å²) in [4.78, 5) is 17.3. The predicted molar refractivity (Wildman–Crippen MR) is 110 cm³/mol. The summed E-state index contributed by atoms with van der Waals surface area (Å²) in [7, 11) is 0. The van der Waals surface area contributed by atoms with Crippen LogP contribution in [0.5, 0.6) is 11.5 Å². The zero-order valence-corrected chi connectivity index (χ0v) is 16.6. The van der Waals surface area contributed by atoms with Crippen LogP contribution in [0.3, 0.4) is 0 Å². The van der Waals surface area contributed by atoms with Crippen LogP contribution in [0.4, 0.5) is 5.69 Å². The van der Waals surface area contributed by atoms with E-state index in [2.05, 4.69) is 20.5 Å². The maximum Gasteiger partial charge on any atom is 0.261 e. The van der Waals surface area contributed by atoms with Crippen LogP contribution in [-0.2, 0) is 6.54 Å². The van der Waals surface area contributed by atoms with Gasteiger partial charge in [-0.2, -0.15) is 10.2 Å². The Hall–Kier alpha value is -3.88. The number of benzene rings is 1. The highest BCUT2D eigenvalue weighted by molar-refractivity contribution is 6.08. The quantitative estimate of drug-likeness (QED) is 0.562. The normalized spacial score (nSPS) is 12.9. The number of ether oxygens (including phenoxy) is 2. The number of amides is 1. The highest BCUT2D eigenvalue weighted by Crippen LogP contribution is 2.33. The highest BCUT2D eigenvalue weighted by Gasteiger charge is 2.19. The molecule has 1 aromatic carbocycles. The summed E-state index contributed by atoms with van der Waals surface area (Å²) in [5.74, 6) is 0.986. The van der Waals surface area contributed by atoms with E-state index in [1.165, 1.54) is 6.20 Å². The lowest BCUT2D eigenvalue weighted by Crippen LogP contribution is -2.16. The summed E-state index contributed by atoms with van der Waals surface area (Å²) in [6.45, 7) is 5.77. The Labute approximate surface area is 172 Å². The molecule has 0 aliphatic carbocycles. The number of aryl methyl sites for hydroxylation is 2. The minimum Gasteiger partial charge on any atom is -0.486 e. The molecule has 152 valence electrons. The standard InChI is InChI=1S/C21H20N6O3/c1-3-26-12-16(13(2)25-26)17-6-7-22-20-15(11-23-27(17)20)21(28)24-14-4-5-18-19(10-14)30-9-8-29-18/h4-7,10-12H,3,8-9H2,1-2H3,(H,24,28). The molecule has 4 aromatic rings. The topological polar surface area (TPSA) is 95.6 Å². The van der Waals surface area contributed by atoms with Crippen LogP contribution in [-0.4, -0.2) is 43.5 Å². The predicted octanol–water partition coefficient (Wildman–Crippen LogP) is 2.94. The summed E-state index contributed by atoms with van der Waals surface area (Å²) >= 11 is 0. The summed E-state index contributed by atoms with van der Waals surface area (Å²) in [6, 6.07) is 7.18. The maximum absolute atomic E-state index is 12.9. The number of anilines is 1. The molecule has 0 radical (unpaired) electrons. The van der Waals surface area contributed by atoms with Crippen molar-refractivity contribution in [1.29, 1.82) is 0 Å². The molecule has 0 fully saturated rings. The number of rotatable bonds is 4. The molecule has 3 aromatic heterocycles. The average Bonchev–Trinajstić information content (AvgIpc) is 3.37. The number of aromatic nitrogens is 5. The average molecular weight is 404 g/mol. The molecule has 0 bridgehead atoms. The number of nitrogens with zero attached hydrogens (tertiary/aromatic N) is 5. The monoisotopic (exact) mass is 404 g/mol. The van der Waals surface area contributed by atoms with Crippen molar-refractivity contribution >= 4 is 17.2 Å². The van der Waals surface area contributed by atoms with Gasteiger partial charge in [0.05, 0.1) is 17.6 Å². The number of carbonyl (C=O) groups is 1. The van der Waals surface area contributed by atoms with Crippen molar-refractivity contribution < 1.29 is 14.3 Å². The number of carbonyl (C=O) groups excluding carboxylic acids is 1. The third-order valence-corrected chi connectivity index (χ3v) is 4.99. The molecular weight excluding hydrogens is 384 g/mol. The van der Waals surface area contributed by atoms with E-state index in [0.717, 1.165) is 23.5 Å². The summed E-state index contributed by atoms with van der Waals surface area (Å²) in [5.41, 5.74) is 4.14. The Morgan fingerprint density at radius 2 is 2.03 bits per heavy atom. The van der Waals surface area contributed by atoms with Gasteiger partial charge in [-0.1, -0.05) is 0 Å². The van der Waals surface area contributed by atoms with Gasteiger partial charge in [0.25, 0.3) is 5.91 Å². The summed E-state index contributed by atoms with van der Waals surface area (Å²) in [5, 5.41) is 11.8. The van der Waals surface area contributed by atoms with Gasteiger partial charge in [-0.3, -0.25) is 9.48 Å². The SMILES string of the molecule is CCn1cc(-c2ccnc3c(C(=O)Nc4ccc5c(c4)OCCO5)cnn23)c(C)n1. The van der Waals surface area contributed by atoms with Crippen LogP contribution >= 0.6 is 0 Å². The first-order valence-electron chi connectivity index (χ1n) is 9.72. The molecule has 9 nitrogen and oxygen atoms in total. The Morgan fingerprint density at radius 3 is 2.83 bits per heavy atom. The van der Waals surface area contributed by atoms with E-state index >= 15 is 0 Å². The second-order valence-corrected chi connectivity index (χ2v) is 6.92. The minimum absolute atomic E-state index is 0.299. The van der Waals surface area contributed by atoms with Crippen molar-refractivity contribution in [2.24, 2.45) is 0 Å². The zero-order valence-electron chi connectivity index (χ0n) is 16.6. The van der Waals surface area contributed by atoms with Crippen molar-refractivity contribution in [3.8, 4) is 22.8 Å². The highest BCUT2D eigenvalue weighted by atomic mass is 16.6. The van der Waals surface area contributed by atoms with E-state index in [1.54, 1.807) is 28.9 Å². The zero-order chi connectivity index (χ0) is 20.7. The van der Waals surface area contributed by atoms with Gasteiger partial charge in [0.15, 0.2) is 17.1 Å². The molecule has 0 atom stereocenters. The van der Waals surface area contributed by atoms with E-state index in [4.69, 9.17) is 9.47 Å². The Bertz CT molecular complexity index is 1260. The molecule has 1 amide bonds. The third kappa shape index (κ3) is 3.04. The van der Waals surface area contributed by atoms with Crippen molar-refractivity contribution in [2.45, 2.75) is 20.4 Å².